The minimum absolute atomic E-state index is 0.0202. The number of nitrogens with zero attached hydrogens (tertiary/aromatic N) is 3. The van der Waals surface area contributed by atoms with E-state index in [4.69, 9.17) is 5.73 Å². The van der Waals surface area contributed by atoms with Crippen molar-refractivity contribution in [1.82, 2.24) is 25.1 Å². The Morgan fingerprint density at radius 3 is 2.61 bits per heavy atom. The predicted octanol–water partition coefficient (Wildman–Crippen LogP) is 5.71. The van der Waals surface area contributed by atoms with Crippen LogP contribution in [0.2, 0.25) is 0 Å². The number of benzene rings is 2. The number of sulfone groups is 1. The highest BCUT2D eigenvalue weighted by molar-refractivity contribution is 7.90. The molecular weight excluding hydrogens is 581 g/mol. The summed E-state index contributed by atoms with van der Waals surface area (Å²) in [4.78, 5) is 24.7. The number of nitrogens with two attached hydrogens (primary N) is 1. The van der Waals surface area contributed by atoms with Crippen molar-refractivity contribution in [1.29, 1.82) is 0 Å². The van der Waals surface area contributed by atoms with Crippen LogP contribution in [0.3, 0.4) is 0 Å². The summed E-state index contributed by atoms with van der Waals surface area (Å²) in [5.74, 6) is -0.495. The maximum Gasteiger partial charge on any atom is 0.227 e. The van der Waals surface area contributed by atoms with Crippen molar-refractivity contribution >= 4 is 43.4 Å². The number of hydrogen-bond acceptors (Lipinski definition) is 7. The van der Waals surface area contributed by atoms with E-state index < -0.39 is 21.0 Å². The van der Waals surface area contributed by atoms with E-state index in [1.54, 1.807) is 24.7 Å². The number of anilines is 1. The Balaban J connectivity index is 1.26. The lowest BCUT2D eigenvalue weighted by Crippen LogP contribution is -2.28. The molecule has 1 atom stereocenters. The molecule has 4 aromatic heterocycles. The van der Waals surface area contributed by atoms with Crippen molar-refractivity contribution in [3.63, 3.8) is 0 Å². The van der Waals surface area contributed by atoms with Gasteiger partial charge in [-0.2, -0.15) is 5.10 Å². The molecule has 1 fully saturated rings. The van der Waals surface area contributed by atoms with Crippen molar-refractivity contribution in [2.75, 3.05) is 11.6 Å². The van der Waals surface area contributed by atoms with Gasteiger partial charge in [-0.05, 0) is 72.0 Å². The van der Waals surface area contributed by atoms with Gasteiger partial charge in [-0.15, -0.1) is 0 Å². The first kappa shape index (κ1) is 27.9. The lowest BCUT2D eigenvalue weighted by atomic mass is 9.85. The number of fused-ring (bicyclic) bond motifs is 2. The third-order valence-corrected chi connectivity index (χ3v) is 9.37. The normalized spacial score (nSPS) is 14.5. The third kappa shape index (κ3) is 5.12. The average molecular weight is 610 g/mol. The van der Waals surface area contributed by atoms with Crippen LogP contribution >= 0.6 is 0 Å². The molecule has 5 N–H and O–H groups in total. The number of nitrogens with one attached hydrogen (secondary N) is 3. The molecule has 1 aliphatic rings. The second kappa shape index (κ2) is 10.6. The van der Waals surface area contributed by atoms with Gasteiger partial charge in [0.1, 0.15) is 11.2 Å². The molecule has 1 amide bonds. The Labute approximate surface area is 251 Å². The molecular formula is C32H28FN7O3S. The fourth-order valence-corrected chi connectivity index (χ4v) is 6.20. The average Bonchev–Trinajstić information content (AvgIpc) is 3.59. The molecule has 0 saturated heterocycles. The molecule has 0 bridgehead atoms. The zero-order chi connectivity index (χ0) is 30.6. The molecule has 4 heterocycles. The standard InChI is InChI=1S/C32H28FN7O3S/c1-44(42,43)30(34)19-8-18(9-22(33)10-19)24-6-3-7-27-25(24)13-28(38-27)29-26-12-21(15-36-31(26)40-39-29)20-11-23(16-35-14-20)37-32(41)17-4-2-5-17/h3,6-17,30,38H,2,4-5,34H2,1H3,(H,37,41)(H,36,39,40). The van der Waals surface area contributed by atoms with Crippen LogP contribution in [0.1, 0.15) is 30.2 Å². The van der Waals surface area contributed by atoms with Crippen LogP contribution in [-0.4, -0.2) is 45.7 Å². The highest BCUT2D eigenvalue weighted by Crippen LogP contribution is 2.36. The number of pyridine rings is 2. The molecule has 2 aromatic carbocycles. The van der Waals surface area contributed by atoms with Gasteiger partial charge in [-0.3, -0.25) is 14.9 Å². The van der Waals surface area contributed by atoms with E-state index >= 15 is 0 Å². The summed E-state index contributed by atoms with van der Waals surface area (Å²) in [6.07, 6.45) is 9.01. The highest BCUT2D eigenvalue weighted by atomic mass is 32.2. The number of hydrogen-bond donors (Lipinski definition) is 4. The summed E-state index contributed by atoms with van der Waals surface area (Å²) in [7, 11) is -3.63. The van der Waals surface area contributed by atoms with Gasteiger partial charge in [-0.1, -0.05) is 18.6 Å². The minimum atomic E-state index is -3.63. The maximum absolute atomic E-state index is 14.7. The van der Waals surface area contributed by atoms with E-state index in [0.29, 0.717) is 28.2 Å². The summed E-state index contributed by atoms with van der Waals surface area (Å²) in [6.45, 7) is 0. The van der Waals surface area contributed by atoms with Crippen LogP contribution in [-0.2, 0) is 14.6 Å². The zero-order valence-electron chi connectivity index (χ0n) is 23.6. The first-order valence-electron chi connectivity index (χ1n) is 14.1. The summed E-state index contributed by atoms with van der Waals surface area (Å²) < 4.78 is 38.8. The molecule has 7 rings (SSSR count). The highest BCUT2D eigenvalue weighted by Gasteiger charge is 2.25. The van der Waals surface area contributed by atoms with Gasteiger partial charge in [0, 0.05) is 52.0 Å². The fourth-order valence-electron chi connectivity index (χ4n) is 5.56. The lowest BCUT2D eigenvalue weighted by molar-refractivity contribution is -0.122. The number of carbonyl (C=O) groups is 1. The van der Waals surface area contributed by atoms with E-state index in [2.05, 4.69) is 30.5 Å². The third-order valence-electron chi connectivity index (χ3n) is 8.18. The second-order valence-corrected chi connectivity index (χ2v) is 13.4. The first-order valence-corrected chi connectivity index (χ1v) is 16.1. The molecule has 12 heteroatoms. The topological polar surface area (TPSA) is 160 Å². The van der Waals surface area contributed by atoms with E-state index in [1.165, 1.54) is 6.07 Å². The summed E-state index contributed by atoms with van der Waals surface area (Å²) in [6, 6.07) is 15.5. The number of H-pyrrole nitrogens is 2. The van der Waals surface area contributed by atoms with Crippen molar-refractivity contribution < 1.29 is 17.6 Å². The second-order valence-electron chi connectivity index (χ2n) is 11.2. The van der Waals surface area contributed by atoms with Crippen molar-refractivity contribution in [3.05, 3.63) is 84.6 Å². The largest absolute Gasteiger partial charge is 0.353 e. The first-order chi connectivity index (χ1) is 21.1. The number of aromatic nitrogens is 5. The van der Waals surface area contributed by atoms with Crippen LogP contribution in [0.5, 0.6) is 0 Å². The van der Waals surface area contributed by atoms with E-state index in [0.717, 1.165) is 64.7 Å². The Morgan fingerprint density at radius 1 is 1.02 bits per heavy atom. The molecule has 0 spiro atoms. The van der Waals surface area contributed by atoms with Crippen LogP contribution in [0.15, 0.2) is 73.2 Å². The van der Waals surface area contributed by atoms with Crippen molar-refractivity contribution in [3.8, 4) is 33.6 Å². The molecule has 6 aromatic rings. The quantitative estimate of drug-likeness (QED) is 0.180. The van der Waals surface area contributed by atoms with Crippen LogP contribution in [0.25, 0.3) is 55.6 Å². The van der Waals surface area contributed by atoms with Crippen LogP contribution < -0.4 is 11.1 Å². The zero-order valence-corrected chi connectivity index (χ0v) is 24.5. The number of carbonyl (C=O) groups excluding carboxylic acids is 1. The minimum Gasteiger partial charge on any atom is -0.353 e. The van der Waals surface area contributed by atoms with Gasteiger partial charge in [0.25, 0.3) is 0 Å². The predicted molar refractivity (Wildman–Crippen MR) is 168 cm³/mol. The van der Waals surface area contributed by atoms with Crippen molar-refractivity contribution in [2.45, 2.75) is 24.6 Å². The molecule has 10 nitrogen and oxygen atoms in total. The van der Waals surface area contributed by atoms with E-state index in [-0.39, 0.29) is 17.4 Å². The number of rotatable bonds is 7. The van der Waals surface area contributed by atoms with Crippen LogP contribution in [0, 0.1) is 11.7 Å². The summed E-state index contributed by atoms with van der Waals surface area (Å²) >= 11 is 0. The van der Waals surface area contributed by atoms with E-state index in [9.17, 15) is 17.6 Å². The number of aromatic amines is 2. The van der Waals surface area contributed by atoms with Gasteiger partial charge < -0.3 is 16.0 Å². The Bertz CT molecular complexity index is 2190. The summed E-state index contributed by atoms with van der Waals surface area (Å²) in [5, 5.41) is 10.7. The van der Waals surface area contributed by atoms with Gasteiger partial charge >= 0.3 is 0 Å². The van der Waals surface area contributed by atoms with Crippen LogP contribution in [0.4, 0.5) is 10.1 Å². The molecule has 222 valence electrons. The SMILES string of the molecule is CS(=O)(=O)C(N)c1cc(F)cc(-c2cccc3[nH]c(-c4[nH]nc5ncc(-c6cncc(NC(=O)C7CCC7)c6)cc45)cc23)c1. The Kier molecular flexibility index (Phi) is 6.74. The van der Waals surface area contributed by atoms with Gasteiger partial charge in [0.2, 0.25) is 5.91 Å². The van der Waals surface area contributed by atoms with Crippen molar-refractivity contribution in [2.24, 2.45) is 11.7 Å². The number of halogens is 1. The van der Waals surface area contributed by atoms with Gasteiger partial charge in [0.15, 0.2) is 15.5 Å². The Hall–Kier alpha value is -4.94. The molecule has 44 heavy (non-hydrogen) atoms. The number of amides is 1. The molecule has 0 aliphatic heterocycles. The lowest BCUT2D eigenvalue weighted by Gasteiger charge is -2.24. The fraction of sp³-hybridized carbons (Fsp3) is 0.188. The maximum atomic E-state index is 14.7. The molecule has 1 saturated carbocycles. The molecule has 1 unspecified atom stereocenters. The smallest absolute Gasteiger partial charge is 0.227 e. The molecule has 1 aliphatic carbocycles. The summed E-state index contributed by atoms with van der Waals surface area (Å²) in [5.41, 5.74) is 12.3. The van der Waals surface area contributed by atoms with E-state index in [1.807, 2.05) is 36.4 Å². The monoisotopic (exact) mass is 609 g/mol. The molecule has 0 radical (unpaired) electrons. The van der Waals surface area contributed by atoms with Gasteiger partial charge in [-0.25, -0.2) is 17.8 Å². The Morgan fingerprint density at radius 2 is 1.84 bits per heavy atom. The van der Waals surface area contributed by atoms with Gasteiger partial charge in [0.05, 0.1) is 23.3 Å².